The number of carbonyl (C=O) groups is 2. The molecule has 10 heteroatoms. The maximum absolute atomic E-state index is 12.3. The van der Waals surface area contributed by atoms with Gasteiger partial charge < -0.3 is 10.4 Å². The molecule has 1 amide bonds. The van der Waals surface area contributed by atoms with Crippen LogP contribution in [0.2, 0.25) is 5.02 Å². The Kier molecular flexibility index (Phi) is 5.62. The zero-order valence-corrected chi connectivity index (χ0v) is 16.5. The van der Waals surface area contributed by atoms with E-state index in [1.807, 2.05) is 24.3 Å². The minimum Gasteiger partial charge on any atom is -0.480 e. The summed E-state index contributed by atoms with van der Waals surface area (Å²) < 4.78 is 3.80. The highest BCUT2D eigenvalue weighted by Gasteiger charge is 2.18. The van der Waals surface area contributed by atoms with Gasteiger partial charge in [-0.25, -0.2) is 4.79 Å². The van der Waals surface area contributed by atoms with Gasteiger partial charge in [-0.3, -0.25) is 14.2 Å². The Balaban J connectivity index is 1.70. The van der Waals surface area contributed by atoms with Crippen LogP contribution in [-0.4, -0.2) is 36.5 Å². The third kappa shape index (κ3) is 4.55. The second-order valence-corrected chi connectivity index (χ2v) is 7.12. The summed E-state index contributed by atoms with van der Waals surface area (Å²) in [7, 11) is 0. The third-order valence-electron chi connectivity index (χ3n) is 3.80. The number of rotatable bonds is 6. The lowest BCUT2D eigenvalue weighted by atomic mass is 10.2. The Hall–Kier alpha value is -2.65. The van der Waals surface area contributed by atoms with Crippen molar-refractivity contribution in [2.75, 3.05) is 5.32 Å². The second-order valence-electron chi connectivity index (χ2n) is 5.80. The van der Waals surface area contributed by atoms with E-state index in [1.165, 1.54) is 23.9 Å². The summed E-state index contributed by atoms with van der Waals surface area (Å²) in [6.07, 6.45) is 3.05. The highest BCUT2D eigenvalue weighted by atomic mass is 79.9. The second kappa shape index (κ2) is 7.93. The van der Waals surface area contributed by atoms with Crippen molar-refractivity contribution in [2.45, 2.75) is 19.5 Å². The van der Waals surface area contributed by atoms with Crippen molar-refractivity contribution in [1.29, 1.82) is 0 Å². The van der Waals surface area contributed by atoms with Gasteiger partial charge in [0.1, 0.15) is 11.1 Å². The minimum absolute atomic E-state index is 0.0710. The van der Waals surface area contributed by atoms with Crippen molar-refractivity contribution in [1.82, 2.24) is 19.6 Å². The van der Waals surface area contributed by atoms with Crippen LogP contribution in [0.3, 0.4) is 0 Å². The molecule has 0 aliphatic heterocycles. The number of hydrogen-bond donors (Lipinski definition) is 2. The molecule has 1 unspecified atom stereocenters. The Morgan fingerprint density at radius 1 is 1.26 bits per heavy atom. The van der Waals surface area contributed by atoms with Gasteiger partial charge in [-0.15, -0.1) is 0 Å². The first-order valence-electron chi connectivity index (χ1n) is 7.90. The predicted molar refractivity (Wildman–Crippen MR) is 103 cm³/mol. The fourth-order valence-corrected chi connectivity index (χ4v) is 2.76. The van der Waals surface area contributed by atoms with Crippen molar-refractivity contribution in [3.05, 3.63) is 63.5 Å². The Morgan fingerprint density at radius 2 is 1.96 bits per heavy atom. The molecule has 3 rings (SSSR count). The summed E-state index contributed by atoms with van der Waals surface area (Å²) in [5.41, 5.74) is 1.10. The Bertz CT molecular complexity index is 983. The zero-order valence-electron chi connectivity index (χ0n) is 14.1. The van der Waals surface area contributed by atoms with Gasteiger partial charge in [0.25, 0.3) is 5.91 Å². The van der Waals surface area contributed by atoms with Crippen LogP contribution in [0.15, 0.2) is 47.2 Å². The van der Waals surface area contributed by atoms with Crippen LogP contribution in [0, 0.1) is 0 Å². The SMILES string of the molecule is CC(C(=O)O)n1ccc(C(=O)Nc2nn(Cc3ccc(Br)cc3)cc2Cl)n1. The fraction of sp³-hybridized carbons (Fsp3) is 0.176. The zero-order chi connectivity index (χ0) is 19.6. The van der Waals surface area contributed by atoms with Gasteiger partial charge >= 0.3 is 5.97 Å². The Labute approximate surface area is 167 Å². The van der Waals surface area contributed by atoms with E-state index in [4.69, 9.17) is 16.7 Å². The fourth-order valence-electron chi connectivity index (χ4n) is 2.30. The maximum Gasteiger partial charge on any atom is 0.328 e. The largest absolute Gasteiger partial charge is 0.480 e. The molecule has 2 heterocycles. The van der Waals surface area contributed by atoms with Crippen LogP contribution in [0.4, 0.5) is 5.82 Å². The summed E-state index contributed by atoms with van der Waals surface area (Å²) in [4.78, 5) is 23.3. The van der Waals surface area contributed by atoms with Crippen molar-refractivity contribution in [3.63, 3.8) is 0 Å². The number of halogens is 2. The van der Waals surface area contributed by atoms with Gasteiger partial charge in [-0.05, 0) is 30.7 Å². The quantitative estimate of drug-likeness (QED) is 0.596. The van der Waals surface area contributed by atoms with Crippen LogP contribution in [0.1, 0.15) is 29.0 Å². The lowest BCUT2D eigenvalue weighted by molar-refractivity contribution is -0.140. The normalized spacial score (nSPS) is 12.0. The molecule has 0 spiro atoms. The van der Waals surface area contributed by atoms with Crippen LogP contribution >= 0.6 is 27.5 Å². The molecule has 0 saturated heterocycles. The number of carboxylic acids is 1. The number of benzene rings is 1. The minimum atomic E-state index is -1.04. The average Bonchev–Trinajstić information content (AvgIpc) is 3.24. The van der Waals surface area contributed by atoms with Gasteiger partial charge in [-0.2, -0.15) is 10.2 Å². The van der Waals surface area contributed by atoms with E-state index < -0.39 is 17.9 Å². The first-order chi connectivity index (χ1) is 12.8. The molecule has 3 aromatic rings. The predicted octanol–water partition coefficient (Wildman–Crippen LogP) is 3.44. The van der Waals surface area contributed by atoms with E-state index >= 15 is 0 Å². The molecular weight excluding hydrogens is 438 g/mol. The number of aromatic nitrogens is 4. The smallest absolute Gasteiger partial charge is 0.328 e. The number of carbonyl (C=O) groups excluding carboxylic acids is 1. The van der Waals surface area contributed by atoms with E-state index in [0.29, 0.717) is 11.6 Å². The molecule has 0 saturated carbocycles. The third-order valence-corrected chi connectivity index (χ3v) is 4.61. The van der Waals surface area contributed by atoms with Crippen LogP contribution in [-0.2, 0) is 11.3 Å². The topological polar surface area (TPSA) is 102 Å². The number of nitrogens with one attached hydrogen (secondary N) is 1. The summed E-state index contributed by atoms with van der Waals surface area (Å²) >= 11 is 9.54. The van der Waals surface area contributed by atoms with Gasteiger partial charge in [0.2, 0.25) is 0 Å². The monoisotopic (exact) mass is 451 g/mol. The van der Waals surface area contributed by atoms with E-state index in [2.05, 4.69) is 31.4 Å². The molecule has 8 nitrogen and oxygen atoms in total. The van der Waals surface area contributed by atoms with E-state index in [-0.39, 0.29) is 11.5 Å². The lowest BCUT2D eigenvalue weighted by Crippen LogP contribution is -2.18. The highest BCUT2D eigenvalue weighted by molar-refractivity contribution is 9.10. The molecule has 0 bridgehead atoms. The lowest BCUT2D eigenvalue weighted by Gasteiger charge is -2.05. The van der Waals surface area contributed by atoms with Gasteiger partial charge in [0.05, 0.1) is 6.54 Å². The van der Waals surface area contributed by atoms with Crippen LogP contribution in [0.5, 0.6) is 0 Å². The molecule has 27 heavy (non-hydrogen) atoms. The molecule has 2 aromatic heterocycles. The molecule has 0 aliphatic rings. The number of aliphatic carboxylic acids is 1. The average molecular weight is 453 g/mol. The van der Waals surface area contributed by atoms with Gasteiger partial charge in [0.15, 0.2) is 11.5 Å². The number of anilines is 1. The standard InChI is InChI=1S/C17H15BrClN5O3/c1-10(17(26)27)24-7-6-14(21-24)16(25)20-15-13(19)9-23(22-15)8-11-2-4-12(18)5-3-11/h2-7,9-10H,8H2,1H3,(H,26,27)(H,20,22,25). The Morgan fingerprint density at radius 3 is 2.63 bits per heavy atom. The summed E-state index contributed by atoms with van der Waals surface area (Å²) in [5.74, 6) is -1.36. The van der Waals surface area contributed by atoms with E-state index in [9.17, 15) is 9.59 Å². The molecule has 140 valence electrons. The summed E-state index contributed by atoms with van der Waals surface area (Å²) in [6, 6.07) is 8.32. The number of hydrogen-bond acceptors (Lipinski definition) is 4. The molecular formula is C17H15BrClN5O3. The highest BCUT2D eigenvalue weighted by Crippen LogP contribution is 2.21. The molecule has 1 atom stereocenters. The summed E-state index contributed by atoms with van der Waals surface area (Å²) in [5, 5.41) is 20.1. The van der Waals surface area contributed by atoms with E-state index in [1.54, 1.807) is 10.9 Å². The molecule has 2 N–H and O–H groups in total. The molecule has 1 aromatic carbocycles. The number of amides is 1. The van der Waals surface area contributed by atoms with Gasteiger partial charge in [-0.1, -0.05) is 39.7 Å². The van der Waals surface area contributed by atoms with Crippen molar-refractivity contribution in [2.24, 2.45) is 0 Å². The van der Waals surface area contributed by atoms with Crippen molar-refractivity contribution in [3.8, 4) is 0 Å². The molecule has 0 fully saturated rings. The molecule has 0 aliphatic carbocycles. The van der Waals surface area contributed by atoms with Gasteiger partial charge in [0, 0.05) is 16.9 Å². The molecule has 0 radical (unpaired) electrons. The number of carboxylic acid groups (broad SMARTS) is 1. The number of nitrogens with zero attached hydrogens (tertiary/aromatic N) is 4. The van der Waals surface area contributed by atoms with E-state index in [0.717, 1.165) is 10.0 Å². The first-order valence-corrected chi connectivity index (χ1v) is 9.07. The van der Waals surface area contributed by atoms with Crippen LogP contribution < -0.4 is 5.32 Å². The van der Waals surface area contributed by atoms with Crippen LogP contribution in [0.25, 0.3) is 0 Å². The van der Waals surface area contributed by atoms with Crippen molar-refractivity contribution < 1.29 is 14.7 Å². The maximum atomic E-state index is 12.3. The summed E-state index contributed by atoms with van der Waals surface area (Å²) in [6.45, 7) is 1.96. The van der Waals surface area contributed by atoms with Crippen molar-refractivity contribution >= 4 is 45.2 Å². The first kappa shape index (κ1) is 19.1.